The lowest BCUT2D eigenvalue weighted by Gasteiger charge is -2.20. The average molecular weight is 421 g/mol. The Morgan fingerprint density at radius 3 is 2.45 bits per heavy atom. The fraction of sp³-hybridized carbons (Fsp3) is 0.381. The molecule has 1 aliphatic rings. The number of benzene rings is 2. The molecule has 0 spiro atoms. The van der Waals surface area contributed by atoms with Gasteiger partial charge in [-0.2, -0.15) is 4.31 Å². The standard InChI is InChI=1S/C21H25FN2O4S/c1-15(25)19-14-17(9-10-20(19)22)23-21(26)16-7-6-8-18(13-16)29(27,28)24-11-4-2-3-5-12-24/h6-10,13-15,25H,2-5,11-12H2,1H3,(H,23,26). The third kappa shape index (κ3) is 5.01. The Morgan fingerprint density at radius 1 is 1.10 bits per heavy atom. The Hall–Kier alpha value is -2.29. The summed E-state index contributed by atoms with van der Waals surface area (Å²) in [6.07, 6.45) is 2.67. The van der Waals surface area contributed by atoms with E-state index in [0.29, 0.717) is 18.8 Å². The predicted octanol–water partition coefficient (Wildman–Crippen LogP) is 3.70. The monoisotopic (exact) mass is 420 g/mol. The van der Waals surface area contributed by atoms with Crippen molar-refractivity contribution in [1.29, 1.82) is 0 Å². The first-order valence-electron chi connectivity index (χ1n) is 9.68. The summed E-state index contributed by atoms with van der Waals surface area (Å²) in [4.78, 5) is 12.7. The molecule has 1 fully saturated rings. The van der Waals surface area contributed by atoms with Crippen LogP contribution in [0.25, 0.3) is 0 Å². The van der Waals surface area contributed by atoms with Crippen molar-refractivity contribution < 1.29 is 22.7 Å². The minimum atomic E-state index is -3.67. The summed E-state index contributed by atoms with van der Waals surface area (Å²) < 4.78 is 41.1. The van der Waals surface area contributed by atoms with Gasteiger partial charge in [-0.05, 0) is 56.2 Å². The van der Waals surface area contributed by atoms with Crippen molar-refractivity contribution in [3.8, 4) is 0 Å². The van der Waals surface area contributed by atoms with Gasteiger partial charge in [0, 0.05) is 29.9 Å². The lowest BCUT2D eigenvalue weighted by molar-refractivity contribution is 0.102. The van der Waals surface area contributed by atoms with Crippen LogP contribution in [-0.2, 0) is 10.0 Å². The second kappa shape index (κ2) is 9.02. The Labute approximate surface area is 170 Å². The number of aliphatic hydroxyl groups is 1. The van der Waals surface area contributed by atoms with Crippen molar-refractivity contribution in [2.24, 2.45) is 0 Å². The number of hydrogen-bond acceptors (Lipinski definition) is 4. The second-order valence-corrected chi connectivity index (χ2v) is 9.15. The van der Waals surface area contributed by atoms with Gasteiger partial charge in [0.1, 0.15) is 5.82 Å². The van der Waals surface area contributed by atoms with Crippen LogP contribution in [0.4, 0.5) is 10.1 Å². The minimum Gasteiger partial charge on any atom is -0.389 e. The number of rotatable bonds is 5. The van der Waals surface area contributed by atoms with Crippen molar-refractivity contribution in [2.75, 3.05) is 18.4 Å². The average Bonchev–Trinajstić information content (AvgIpc) is 2.99. The summed E-state index contributed by atoms with van der Waals surface area (Å²) in [5.41, 5.74) is 0.567. The smallest absolute Gasteiger partial charge is 0.255 e. The molecule has 0 aromatic heterocycles. The Morgan fingerprint density at radius 2 is 1.79 bits per heavy atom. The van der Waals surface area contributed by atoms with Gasteiger partial charge in [-0.15, -0.1) is 0 Å². The molecule has 2 aromatic carbocycles. The van der Waals surface area contributed by atoms with E-state index in [0.717, 1.165) is 31.7 Å². The lowest BCUT2D eigenvalue weighted by Crippen LogP contribution is -2.32. The second-order valence-electron chi connectivity index (χ2n) is 7.21. The molecule has 1 atom stereocenters. The SMILES string of the molecule is CC(O)c1cc(NC(=O)c2cccc(S(=O)(=O)N3CCCCCC3)c2)ccc1F. The fourth-order valence-corrected chi connectivity index (χ4v) is 4.94. The van der Waals surface area contributed by atoms with E-state index in [4.69, 9.17) is 0 Å². The Bertz CT molecular complexity index is 984. The van der Waals surface area contributed by atoms with Gasteiger partial charge >= 0.3 is 0 Å². The number of nitrogens with zero attached hydrogens (tertiary/aromatic N) is 1. The number of carbonyl (C=O) groups excluding carboxylic acids is 1. The van der Waals surface area contributed by atoms with E-state index >= 15 is 0 Å². The molecule has 1 unspecified atom stereocenters. The van der Waals surface area contributed by atoms with E-state index in [1.165, 1.54) is 47.6 Å². The number of hydrogen-bond donors (Lipinski definition) is 2. The summed E-state index contributed by atoms with van der Waals surface area (Å²) >= 11 is 0. The third-order valence-electron chi connectivity index (χ3n) is 5.00. The molecule has 156 valence electrons. The largest absolute Gasteiger partial charge is 0.389 e. The molecule has 8 heteroatoms. The summed E-state index contributed by atoms with van der Waals surface area (Å²) in [5.74, 6) is -1.08. The van der Waals surface area contributed by atoms with Gasteiger partial charge in [-0.3, -0.25) is 4.79 Å². The van der Waals surface area contributed by atoms with Crippen LogP contribution in [0.15, 0.2) is 47.4 Å². The number of anilines is 1. The van der Waals surface area contributed by atoms with Gasteiger partial charge in [0.15, 0.2) is 0 Å². The number of amides is 1. The summed E-state index contributed by atoms with van der Waals surface area (Å²) in [7, 11) is -3.67. The predicted molar refractivity (Wildman–Crippen MR) is 109 cm³/mol. The zero-order valence-electron chi connectivity index (χ0n) is 16.3. The molecular formula is C21H25FN2O4S. The van der Waals surface area contributed by atoms with Gasteiger partial charge < -0.3 is 10.4 Å². The van der Waals surface area contributed by atoms with Crippen molar-refractivity contribution in [3.05, 3.63) is 59.4 Å². The molecule has 0 aliphatic carbocycles. The molecule has 1 heterocycles. The lowest BCUT2D eigenvalue weighted by atomic mass is 10.1. The maximum absolute atomic E-state index is 13.7. The number of aliphatic hydroxyl groups excluding tert-OH is 1. The molecule has 1 amide bonds. The first kappa shape index (κ1) is 21.4. The first-order valence-corrected chi connectivity index (χ1v) is 11.1. The van der Waals surface area contributed by atoms with Gasteiger partial charge in [0.25, 0.3) is 5.91 Å². The van der Waals surface area contributed by atoms with E-state index < -0.39 is 27.9 Å². The van der Waals surface area contributed by atoms with Crippen LogP contribution in [0.3, 0.4) is 0 Å². The summed E-state index contributed by atoms with van der Waals surface area (Å²) in [6.45, 7) is 2.40. The van der Waals surface area contributed by atoms with Crippen LogP contribution in [0.1, 0.15) is 54.6 Å². The topological polar surface area (TPSA) is 86.7 Å². The maximum atomic E-state index is 13.7. The van der Waals surface area contributed by atoms with Crippen LogP contribution in [0.2, 0.25) is 0 Å². The normalized spacial score (nSPS) is 16.8. The molecule has 0 radical (unpaired) electrons. The molecular weight excluding hydrogens is 395 g/mol. The van der Waals surface area contributed by atoms with Gasteiger partial charge in [-0.25, -0.2) is 12.8 Å². The van der Waals surface area contributed by atoms with Crippen molar-refractivity contribution >= 4 is 21.6 Å². The van der Waals surface area contributed by atoms with Crippen LogP contribution >= 0.6 is 0 Å². The van der Waals surface area contributed by atoms with Crippen LogP contribution in [0.5, 0.6) is 0 Å². The van der Waals surface area contributed by atoms with E-state index in [1.54, 1.807) is 0 Å². The number of halogens is 1. The van der Waals surface area contributed by atoms with Gasteiger partial charge in [0.2, 0.25) is 10.0 Å². The first-order chi connectivity index (χ1) is 13.8. The van der Waals surface area contributed by atoms with Gasteiger partial charge in [-0.1, -0.05) is 18.9 Å². The Kier molecular flexibility index (Phi) is 6.66. The van der Waals surface area contributed by atoms with Gasteiger partial charge in [0.05, 0.1) is 11.0 Å². The molecule has 2 N–H and O–H groups in total. The molecule has 2 aromatic rings. The molecule has 0 bridgehead atoms. The summed E-state index contributed by atoms with van der Waals surface area (Å²) in [6, 6.07) is 9.81. The Balaban J connectivity index is 1.82. The van der Waals surface area contributed by atoms with Crippen molar-refractivity contribution in [3.63, 3.8) is 0 Å². The van der Waals surface area contributed by atoms with Crippen LogP contribution < -0.4 is 5.32 Å². The molecule has 1 aliphatic heterocycles. The highest BCUT2D eigenvalue weighted by atomic mass is 32.2. The van der Waals surface area contributed by atoms with E-state index in [9.17, 15) is 22.7 Å². The number of sulfonamides is 1. The van der Waals surface area contributed by atoms with E-state index in [-0.39, 0.29) is 16.0 Å². The number of nitrogens with one attached hydrogen (secondary N) is 1. The highest BCUT2D eigenvalue weighted by molar-refractivity contribution is 7.89. The minimum absolute atomic E-state index is 0.0697. The van der Waals surface area contributed by atoms with Crippen molar-refractivity contribution in [1.82, 2.24) is 4.31 Å². The maximum Gasteiger partial charge on any atom is 0.255 e. The van der Waals surface area contributed by atoms with E-state index in [1.807, 2.05) is 0 Å². The quantitative estimate of drug-likeness (QED) is 0.772. The molecule has 29 heavy (non-hydrogen) atoms. The zero-order chi connectivity index (χ0) is 21.0. The molecule has 0 saturated carbocycles. The van der Waals surface area contributed by atoms with Crippen LogP contribution in [-0.4, -0.2) is 36.8 Å². The molecule has 1 saturated heterocycles. The van der Waals surface area contributed by atoms with Crippen molar-refractivity contribution in [2.45, 2.75) is 43.6 Å². The zero-order valence-corrected chi connectivity index (χ0v) is 17.1. The number of carbonyl (C=O) groups is 1. The molecule has 3 rings (SSSR count). The highest BCUT2D eigenvalue weighted by Crippen LogP contribution is 2.23. The van der Waals surface area contributed by atoms with Crippen LogP contribution in [0, 0.1) is 5.82 Å². The summed E-state index contributed by atoms with van der Waals surface area (Å²) in [5, 5.41) is 12.2. The fourth-order valence-electron chi connectivity index (χ4n) is 3.37. The third-order valence-corrected chi connectivity index (χ3v) is 6.90. The molecule has 6 nitrogen and oxygen atoms in total. The van der Waals surface area contributed by atoms with E-state index in [2.05, 4.69) is 5.32 Å². The highest BCUT2D eigenvalue weighted by Gasteiger charge is 2.25.